The molecule has 0 aromatic heterocycles. The SMILES string of the molecule is Cc1ccc(C(N)CS(=O)(=O)c2ccc(C)cc2)cc1. The highest BCUT2D eigenvalue weighted by Gasteiger charge is 2.19. The Kier molecular flexibility index (Phi) is 4.26. The van der Waals surface area contributed by atoms with Crippen molar-refractivity contribution in [1.29, 1.82) is 0 Å². The van der Waals surface area contributed by atoms with Crippen molar-refractivity contribution in [2.75, 3.05) is 5.75 Å². The quantitative estimate of drug-likeness (QED) is 0.941. The molecule has 0 aliphatic carbocycles. The third-order valence-electron chi connectivity index (χ3n) is 3.28. The van der Waals surface area contributed by atoms with Crippen molar-refractivity contribution in [3.05, 3.63) is 65.2 Å². The number of nitrogens with two attached hydrogens (primary N) is 1. The molecular formula is C16H19NO2S. The minimum absolute atomic E-state index is 0.0842. The predicted molar refractivity (Wildman–Crippen MR) is 81.3 cm³/mol. The lowest BCUT2D eigenvalue weighted by molar-refractivity contribution is 0.589. The molecule has 0 amide bonds. The highest BCUT2D eigenvalue weighted by atomic mass is 32.2. The van der Waals surface area contributed by atoms with Crippen LogP contribution in [0.5, 0.6) is 0 Å². The number of aryl methyl sites for hydroxylation is 2. The van der Waals surface area contributed by atoms with Crippen molar-refractivity contribution < 1.29 is 8.42 Å². The first-order chi connectivity index (χ1) is 9.38. The largest absolute Gasteiger partial charge is 0.323 e. The van der Waals surface area contributed by atoms with Crippen LogP contribution in [-0.2, 0) is 9.84 Å². The van der Waals surface area contributed by atoms with Crippen molar-refractivity contribution >= 4 is 9.84 Å². The summed E-state index contributed by atoms with van der Waals surface area (Å²) in [6, 6.07) is 14.0. The molecule has 0 radical (unpaired) electrons. The van der Waals surface area contributed by atoms with Gasteiger partial charge in [0.25, 0.3) is 0 Å². The van der Waals surface area contributed by atoms with Gasteiger partial charge in [-0.05, 0) is 31.5 Å². The molecule has 0 aliphatic rings. The Morgan fingerprint density at radius 3 is 1.85 bits per heavy atom. The molecule has 0 heterocycles. The summed E-state index contributed by atoms with van der Waals surface area (Å²) in [5.74, 6) is -0.0842. The van der Waals surface area contributed by atoms with Crippen LogP contribution in [0.2, 0.25) is 0 Å². The van der Waals surface area contributed by atoms with E-state index >= 15 is 0 Å². The molecule has 0 fully saturated rings. The summed E-state index contributed by atoms with van der Waals surface area (Å²) in [6.07, 6.45) is 0. The molecule has 0 bridgehead atoms. The highest BCUT2D eigenvalue weighted by Crippen LogP contribution is 2.19. The molecule has 2 aromatic carbocycles. The van der Waals surface area contributed by atoms with Crippen LogP contribution >= 0.6 is 0 Å². The van der Waals surface area contributed by atoms with Crippen molar-refractivity contribution in [2.45, 2.75) is 24.8 Å². The number of hydrogen-bond donors (Lipinski definition) is 1. The van der Waals surface area contributed by atoms with E-state index in [0.29, 0.717) is 4.90 Å². The molecule has 4 heteroatoms. The average molecular weight is 289 g/mol. The van der Waals surface area contributed by atoms with Gasteiger partial charge in [0.05, 0.1) is 10.6 Å². The first kappa shape index (κ1) is 14.8. The van der Waals surface area contributed by atoms with E-state index in [2.05, 4.69) is 0 Å². The topological polar surface area (TPSA) is 60.2 Å². The molecule has 2 N–H and O–H groups in total. The fourth-order valence-electron chi connectivity index (χ4n) is 1.99. The molecule has 0 spiro atoms. The molecule has 0 aliphatic heterocycles. The van der Waals surface area contributed by atoms with Gasteiger partial charge in [0, 0.05) is 6.04 Å². The van der Waals surface area contributed by atoms with Crippen LogP contribution in [-0.4, -0.2) is 14.2 Å². The van der Waals surface area contributed by atoms with E-state index in [4.69, 9.17) is 5.73 Å². The Balaban J connectivity index is 2.19. The summed E-state index contributed by atoms with van der Waals surface area (Å²) in [7, 11) is -3.36. The van der Waals surface area contributed by atoms with Crippen LogP contribution in [0.3, 0.4) is 0 Å². The van der Waals surface area contributed by atoms with Crippen LogP contribution < -0.4 is 5.73 Å². The number of rotatable bonds is 4. The normalized spacial score (nSPS) is 13.2. The molecule has 2 rings (SSSR count). The lowest BCUT2D eigenvalue weighted by Crippen LogP contribution is -2.21. The summed E-state index contributed by atoms with van der Waals surface area (Å²) < 4.78 is 24.6. The molecular weight excluding hydrogens is 270 g/mol. The maximum absolute atomic E-state index is 12.3. The van der Waals surface area contributed by atoms with E-state index in [1.165, 1.54) is 0 Å². The lowest BCUT2D eigenvalue weighted by atomic mass is 10.1. The summed E-state index contributed by atoms with van der Waals surface area (Å²) >= 11 is 0. The fraction of sp³-hybridized carbons (Fsp3) is 0.250. The van der Waals surface area contributed by atoms with E-state index in [9.17, 15) is 8.42 Å². The van der Waals surface area contributed by atoms with Gasteiger partial charge in [0.2, 0.25) is 0 Å². The predicted octanol–water partition coefficient (Wildman–Crippen LogP) is 2.78. The Morgan fingerprint density at radius 1 is 0.900 bits per heavy atom. The average Bonchev–Trinajstić information content (AvgIpc) is 2.39. The van der Waals surface area contributed by atoms with Gasteiger partial charge in [-0.1, -0.05) is 47.5 Å². The van der Waals surface area contributed by atoms with Gasteiger partial charge in [-0.2, -0.15) is 0 Å². The minimum atomic E-state index is -3.36. The molecule has 2 aromatic rings. The number of benzene rings is 2. The van der Waals surface area contributed by atoms with Crippen molar-refractivity contribution in [3.8, 4) is 0 Å². The number of sulfone groups is 1. The van der Waals surface area contributed by atoms with Crippen LogP contribution in [0.4, 0.5) is 0 Å². The van der Waals surface area contributed by atoms with Crippen LogP contribution in [0.25, 0.3) is 0 Å². The van der Waals surface area contributed by atoms with Gasteiger partial charge < -0.3 is 5.73 Å². The Bertz CT molecular complexity index is 673. The molecule has 1 atom stereocenters. The summed E-state index contributed by atoms with van der Waals surface area (Å²) in [5, 5.41) is 0. The maximum Gasteiger partial charge on any atom is 0.180 e. The van der Waals surface area contributed by atoms with E-state index in [0.717, 1.165) is 16.7 Å². The first-order valence-electron chi connectivity index (χ1n) is 6.50. The smallest absolute Gasteiger partial charge is 0.180 e. The van der Waals surface area contributed by atoms with Crippen LogP contribution in [0, 0.1) is 13.8 Å². The molecule has 20 heavy (non-hydrogen) atoms. The van der Waals surface area contributed by atoms with Crippen LogP contribution in [0.1, 0.15) is 22.7 Å². The second-order valence-corrected chi connectivity index (χ2v) is 7.15. The molecule has 106 valence electrons. The van der Waals surface area contributed by atoms with E-state index < -0.39 is 15.9 Å². The van der Waals surface area contributed by atoms with Gasteiger partial charge in [0.15, 0.2) is 9.84 Å². The second-order valence-electron chi connectivity index (χ2n) is 5.11. The van der Waals surface area contributed by atoms with Crippen molar-refractivity contribution in [3.63, 3.8) is 0 Å². The minimum Gasteiger partial charge on any atom is -0.323 e. The molecule has 1 unspecified atom stereocenters. The van der Waals surface area contributed by atoms with Crippen molar-refractivity contribution in [2.24, 2.45) is 5.73 Å². The van der Waals surface area contributed by atoms with Gasteiger partial charge >= 0.3 is 0 Å². The van der Waals surface area contributed by atoms with Crippen molar-refractivity contribution in [1.82, 2.24) is 0 Å². The zero-order chi connectivity index (χ0) is 14.8. The van der Waals surface area contributed by atoms with Gasteiger partial charge in [-0.25, -0.2) is 8.42 Å². The third-order valence-corrected chi connectivity index (χ3v) is 5.07. The zero-order valence-corrected chi connectivity index (χ0v) is 12.5. The monoisotopic (exact) mass is 289 g/mol. The lowest BCUT2D eigenvalue weighted by Gasteiger charge is -2.13. The highest BCUT2D eigenvalue weighted by molar-refractivity contribution is 7.91. The van der Waals surface area contributed by atoms with E-state index in [-0.39, 0.29) is 5.75 Å². The first-order valence-corrected chi connectivity index (χ1v) is 8.15. The van der Waals surface area contributed by atoms with Gasteiger partial charge in [-0.15, -0.1) is 0 Å². The van der Waals surface area contributed by atoms with Crippen LogP contribution in [0.15, 0.2) is 53.4 Å². The number of hydrogen-bond acceptors (Lipinski definition) is 3. The van der Waals surface area contributed by atoms with E-state index in [1.54, 1.807) is 24.3 Å². The zero-order valence-electron chi connectivity index (χ0n) is 11.7. The van der Waals surface area contributed by atoms with Gasteiger partial charge in [0.1, 0.15) is 0 Å². The standard InChI is InChI=1S/C16H19NO2S/c1-12-3-7-14(8-4-12)16(17)11-20(18,19)15-9-5-13(2)6-10-15/h3-10,16H,11,17H2,1-2H3. The van der Waals surface area contributed by atoms with Gasteiger partial charge in [-0.3, -0.25) is 0 Å². The van der Waals surface area contributed by atoms with E-state index in [1.807, 2.05) is 38.1 Å². The molecule has 0 saturated carbocycles. The maximum atomic E-state index is 12.3. The Morgan fingerprint density at radius 2 is 1.35 bits per heavy atom. The summed E-state index contributed by atoms with van der Waals surface area (Å²) in [5.41, 5.74) is 9.02. The third kappa shape index (κ3) is 3.46. The summed E-state index contributed by atoms with van der Waals surface area (Å²) in [6.45, 7) is 3.91. The Hall–Kier alpha value is -1.65. The molecule has 0 saturated heterocycles. The summed E-state index contributed by atoms with van der Waals surface area (Å²) in [4.78, 5) is 0.325. The molecule has 3 nitrogen and oxygen atoms in total. The second kappa shape index (κ2) is 5.77. The Labute approximate surface area is 120 Å². The fourth-order valence-corrected chi connectivity index (χ4v) is 3.40.